The van der Waals surface area contributed by atoms with Crippen molar-refractivity contribution in [1.82, 2.24) is 0 Å². The Morgan fingerprint density at radius 3 is 1.89 bits per heavy atom. The van der Waals surface area contributed by atoms with Gasteiger partial charge in [-0.3, -0.25) is 0 Å². The second-order valence-corrected chi connectivity index (χ2v) is 2.92. The summed E-state index contributed by atoms with van der Waals surface area (Å²) in [6.07, 6.45) is 1.58. The minimum absolute atomic E-state index is 0.0858. The maximum Gasteiger partial charge on any atom is 0.0515 e. The van der Waals surface area contributed by atoms with E-state index in [-0.39, 0.29) is 18.6 Å². The summed E-state index contributed by atoms with van der Waals surface area (Å²) in [6.45, 7) is 3.90. The Labute approximate surface area is 54.8 Å². The largest absolute Gasteiger partial charge is 0.396 e. The highest BCUT2D eigenvalue weighted by molar-refractivity contribution is 5.14. The van der Waals surface area contributed by atoms with Crippen LogP contribution in [-0.4, -0.2) is 23.4 Å². The maximum absolute atomic E-state index is 8.75. The molecule has 0 heterocycles. The number of rotatable bonds is 2. The maximum atomic E-state index is 8.75. The number of hydrogen-bond acceptors (Lipinski definition) is 2. The highest BCUT2D eigenvalue weighted by Crippen LogP contribution is 2.43. The molecule has 0 bridgehead atoms. The molecular weight excluding hydrogens is 116 g/mol. The second-order valence-electron chi connectivity index (χ2n) is 2.92. The van der Waals surface area contributed by atoms with E-state index in [9.17, 15) is 0 Å². The summed E-state index contributed by atoms with van der Waals surface area (Å²) >= 11 is 0. The minimum atomic E-state index is -0.211. The molecule has 2 nitrogen and oxygen atoms in total. The van der Waals surface area contributed by atoms with Crippen LogP contribution in [0.15, 0.2) is 12.2 Å². The van der Waals surface area contributed by atoms with Crippen LogP contribution in [0, 0.1) is 5.41 Å². The predicted molar refractivity (Wildman–Crippen MR) is 35.0 cm³/mol. The Bertz CT molecular complexity index is 115. The molecular formula is C7H12O2. The SMILES string of the molecule is C=C1CC(CO)(CO)C1. The van der Waals surface area contributed by atoms with Gasteiger partial charge in [0.2, 0.25) is 0 Å². The first-order valence-corrected chi connectivity index (χ1v) is 3.11. The number of aliphatic hydroxyl groups excluding tert-OH is 2. The van der Waals surface area contributed by atoms with Gasteiger partial charge in [-0.15, -0.1) is 0 Å². The Hall–Kier alpha value is -0.340. The normalized spacial score (nSPS) is 23.6. The van der Waals surface area contributed by atoms with Crippen molar-refractivity contribution in [3.05, 3.63) is 12.2 Å². The molecule has 0 aromatic rings. The summed E-state index contributed by atoms with van der Waals surface area (Å²) in [5.41, 5.74) is 0.926. The zero-order valence-electron chi connectivity index (χ0n) is 5.43. The Balaban J connectivity index is 2.44. The molecule has 1 saturated carbocycles. The molecule has 0 saturated heterocycles. The van der Waals surface area contributed by atoms with Crippen LogP contribution in [0.3, 0.4) is 0 Å². The summed E-state index contributed by atoms with van der Waals surface area (Å²) in [4.78, 5) is 0. The summed E-state index contributed by atoms with van der Waals surface area (Å²) in [5.74, 6) is 0. The average Bonchev–Trinajstić information content (AvgIpc) is 1.81. The molecule has 0 aromatic carbocycles. The van der Waals surface area contributed by atoms with Crippen molar-refractivity contribution in [2.45, 2.75) is 12.8 Å². The fourth-order valence-electron chi connectivity index (χ4n) is 1.28. The summed E-state index contributed by atoms with van der Waals surface area (Å²) < 4.78 is 0. The minimum Gasteiger partial charge on any atom is -0.396 e. The van der Waals surface area contributed by atoms with Crippen molar-refractivity contribution < 1.29 is 10.2 Å². The third-order valence-corrected chi connectivity index (χ3v) is 1.92. The van der Waals surface area contributed by atoms with Gasteiger partial charge in [-0.25, -0.2) is 0 Å². The summed E-state index contributed by atoms with van der Waals surface area (Å²) in [5, 5.41) is 17.5. The molecule has 1 fully saturated rings. The van der Waals surface area contributed by atoms with Crippen LogP contribution < -0.4 is 0 Å². The van der Waals surface area contributed by atoms with Gasteiger partial charge in [0.1, 0.15) is 0 Å². The molecule has 2 N–H and O–H groups in total. The van der Waals surface area contributed by atoms with E-state index in [0.29, 0.717) is 0 Å². The first-order chi connectivity index (χ1) is 4.22. The number of hydrogen-bond donors (Lipinski definition) is 2. The van der Waals surface area contributed by atoms with Crippen molar-refractivity contribution >= 4 is 0 Å². The zero-order chi connectivity index (χ0) is 6.91. The molecule has 9 heavy (non-hydrogen) atoms. The molecule has 0 aliphatic heterocycles. The lowest BCUT2D eigenvalue weighted by atomic mass is 9.67. The third-order valence-electron chi connectivity index (χ3n) is 1.92. The van der Waals surface area contributed by atoms with Crippen molar-refractivity contribution in [3.8, 4) is 0 Å². The van der Waals surface area contributed by atoms with E-state index in [4.69, 9.17) is 10.2 Å². The number of aliphatic hydroxyl groups is 2. The van der Waals surface area contributed by atoms with Crippen molar-refractivity contribution in [2.75, 3.05) is 13.2 Å². The molecule has 0 amide bonds. The van der Waals surface area contributed by atoms with Gasteiger partial charge in [0, 0.05) is 5.41 Å². The van der Waals surface area contributed by atoms with Gasteiger partial charge in [-0.2, -0.15) is 0 Å². The standard InChI is InChI=1S/C7H12O2/c1-6-2-7(3-6,4-8)5-9/h8-9H,1-5H2. The predicted octanol–water partition coefficient (Wildman–Crippen LogP) is 0.307. The van der Waals surface area contributed by atoms with Gasteiger partial charge >= 0.3 is 0 Å². The van der Waals surface area contributed by atoms with Crippen LogP contribution in [0.2, 0.25) is 0 Å². The van der Waals surface area contributed by atoms with E-state index in [1.807, 2.05) is 0 Å². The van der Waals surface area contributed by atoms with Crippen molar-refractivity contribution in [1.29, 1.82) is 0 Å². The van der Waals surface area contributed by atoms with Gasteiger partial charge in [-0.05, 0) is 12.8 Å². The third kappa shape index (κ3) is 1.00. The van der Waals surface area contributed by atoms with Gasteiger partial charge in [0.05, 0.1) is 13.2 Å². The molecule has 0 aromatic heterocycles. The molecule has 0 radical (unpaired) electrons. The lowest BCUT2D eigenvalue weighted by Crippen LogP contribution is -2.38. The van der Waals surface area contributed by atoms with Crippen LogP contribution in [0.25, 0.3) is 0 Å². The quantitative estimate of drug-likeness (QED) is 0.525. The molecule has 0 atom stereocenters. The molecule has 1 aliphatic rings. The lowest BCUT2D eigenvalue weighted by Gasteiger charge is -2.40. The van der Waals surface area contributed by atoms with Crippen LogP contribution in [0.4, 0.5) is 0 Å². The van der Waals surface area contributed by atoms with Gasteiger partial charge in [0.15, 0.2) is 0 Å². The van der Waals surface area contributed by atoms with Gasteiger partial charge in [-0.1, -0.05) is 12.2 Å². The van der Waals surface area contributed by atoms with E-state index in [1.54, 1.807) is 0 Å². The van der Waals surface area contributed by atoms with Gasteiger partial charge in [0.25, 0.3) is 0 Å². The van der Waals surface area contributed by atoms with Crippen molar-refractivity contribution in [2.24, 2.45) is 5.41 Å². The van der Waals surface area contributed by atoms with Crippen molar-refractivity contribution in [3.63, 3.8) is 0 Å². The highest BCUT2D eigenvalue weighted by atomic mass is 16.3. The lowest BCUT2D eigenvalue weighted by molar-refractivity contribution is 0.0234. The highest BCUT2D eigenvalue weighted by Gasteiger charge is 2.38. The van der Waals surface area contributed by atoms with E-state index < -0.39 is 0 Å². The van der Waals surface area contributed by atoms with Gasteiger partial charge < -0.3 is 10.2 Å². The summed E-state index contributed by atoms with van der Waals surface area (Å²) in [6, 6.07) is 0. The van der Waals surface area contributed by atoms with Crippen LogP contribution in [-0.2, 0) is 0 Å². The topological polar surface area (TPSA) is 40.5 Å². The Kier molecular flexibility index (Phi) is 1.60. The van der Waals surface area contributed by atoms with Crippen LogP contribution in [0.5, 0.6) is 0 Å². The van der Waals surface area contributed by atoms with E-state index in [2.05, 4.69) is 6.58 Å². The number of allylic oxidation sites excluding steroid dienone is 1. The first-order valence-electron chi connectivity index (χ1n) is 3.11. The monoisotopic (exact) mass is 128 g/mol. The Morgan fingerprint density at radius 1 is 1.33 bits per heavy atom. The molecule has 0 spiro atoms. The molecule has 2 heteroatoms. The fraction of sp³-hybridized carbons (Fsp3) is 0.714. The van der Waals surface area contributed by atoms with E-state index in [1.165, 1.54) is 0 Å². The smallest absolute Gasteiger partial charge is 0.0515 e. The molecule has 0 unspecified atom stereocenters. The Morgan fingerprint density at radius 2 is 1.78 bits per heavy atom. The molecule has 1 aliphatic carbocycles. The molecule has 1 rings (SSSR count). The average molecular weight is 128 g/mol. The van der Waals surface area contributed by atoms with E-state index in [0.717, 1.165) is 18.4 Å². The second kappa shape index (κ2) is 2.12. The van der Waals surface area contributed by atoms with E-state index >= 15 is 0 Å². The van der Waals surface area contributed by atoms with Crippen LogP contribution in [0.1, 0.15) is 12.8 Å². The zero-order valence-corrected chi connectivity index (χ0v) is 5.43. The fourth-order valence-corrected chi connectivity index (χ4v) is 1.28. The summed E-state index contributed by atoms with van der Waals surface area (Å²) in [7, 11) is 0. The van der Waals surface area contributed by atoms with Crippen LogP contribution >= 0.6 is 0 Å². The molecule has 52 valence electrons. The first kappa shape index (κ1) is 6.78.